The van der Waals surface area contributed by atoms with Crippen LogP contribution >= 0.6 is 0 Å². The Morgan fingerprint density at radius 2 is 1.43 bits per heavy atom. The lowest BCUT2D eigenvalue weighted by molar-refractivity contribution is -0.139. The molecule has 35 heavy (non-hydrogen) atoms. The van der Waals surface area contributed by atoms with Crippen LogP contribution in [0.4, 0.5) is 0 Å². The highest BCUT2D eigenvalue weighted by Gasteiger charge is 2.16. The van der Waals surface area contributed by atoms with Gasteiger partial charge in [-0.05, 0) is 65.4 Å². The lowest BCUT2D eigenvalue weighted by Crippen LogP contribution is -2.09. The van der Waals surface area contributed by atoms with E-state index in [1.54, 1.807) is 0 Å². The molecule has 0 fully saturated rings. The highest BCUT2D eigenvalue weighted by Crippen LogP contribution is 2.33. The smallest absolute Gasteiger partial charge is 0.341 e. The molecule has 5 aromatic rings. The van der Waals surface area contributed by atoms with Gasteiger partial charge < -0.3 is 14.4 Å². The first-order valence-corrected chi connectivity index (χ1v) is 11.7. The second-order valence-corrected chi connectivity index (χ2v) is 8.74. The molecule has 1 heterocycles. The summed E-state index contributed by atoms with van der Waals surface area (Å²) in [6.07, 6.45) is 0.871. The number of carboxylic acids is 1. The molecule has 0 spiro atoms. The third-order valence-electron chi connectivity index (χ3n) is 6.41. The first-order chi connectivity index (χ1) is 17.1. The Morgan fingerprint density at radius 3 is 2.09 bits per heavy atom. The Kier molecular flexibility index (Phi) is 6.36. The number of ether oxygens (including phenoxy) is 1. The van der Waals surface area contributed by atoms with E-state index in [9.17, 15) is 4.79 Å². The fourth-order valence-electron chi connectivity index (χ4n) is 4.61. The Labute approximate surface area is 205 Å². The number of rotatable bonds is 8. The van der Waals surface area contributed by atoms with Crippen LogP contribution in [0.15, 0.2) is 103 Å². The summed E-state index contributed by atoms with van der Waals surface area (Å²) in [5.74, 6) is -0.437. The van der Waals surface area contributed by atoms with Crippen molar-refractivity contribution in [3.8, 4) is 16.9 Å². The van der Waals surface area contributed by atoms with Crippen LogP contribution < -0.4 is 4.74 Å². The summed E-state index contributed by atoms with van der Waals surface area (Å²) in [7, 11) is 0. The number of aliphatic carboxylic acids is 1. The number of aromatic nitrogens is 1. The van der Waals surface area contributed by atoms with Gasteiger partial charge in [0.2, 0.25) is 0 Å². The molecule has 0 radical (unpaired) electrons. The van der Waals surface area contributed by atoms with Crippen LogP contribution in [0, 0.1) is 6.92 Å². The summed E-state index contributed by atoms with van der Waals surface area (Å²) in [4.78, 5) is 10.8. The van der Waals surface area contributed by atoms with Crippen molar-refractivity contribution in [1.82, 2.24) is 4.57 Å². The molecule has 174 valence electrons. The van der Waals surface area contributed by atoms with E-state index in [0.29, 0.717) is 5.75 Å². The van der Waals surface area contributed by atoms with E-state index in [-0.39, 0.29) is 6.61 Å². The Bertz CT molecular complexity index is 1450. The molecule has 0 saturated heterocycles. The van der Waals surface area contributed by atoms with E-state index in [2.05, 4.69) is 90.4 Å². The molecular formula is C31H27NO3. The van der Waals surface area contributed by atoms with Crippen LogP contribution in [0.25, 0.3) is 22.0 Å². The second kappa shape index (κ2) is 9.90. The van der Waals surface area contributed by atoms with E-state index in [0.717, 1.165) is 24.1 Å². The molecular weight excluding hydrogens is 434 g/mol. The first-order valence-electron chi connectivity index (χ1n) is 11.7. The van der Waals surface area contributed by atoms with Gasteiger partial charge in [-0.2, -0.15) is 0 Å². The maximum absolute atomic E-state index is 10.8. The second-order valence-electron chi connectivity index (χ2n) is 8.74. The number of hydrogen-bond acceptors (Lipinski definition) is 2. The summed E-state index contributed by atoms with van der Waals surface area (Å²) >= 11 is 0. The molecule has 0 amide bonds. The SMILES string of the molecule is Cc1c(Cc2ccccc2)c2cc(-c3ccc(OCC(=O)O)cc3)ccc2n1Cc1ccccc1. The number of fused-ring (bicyclic) bond motifs is 1. The van der Waals surface area contributed by atoms with Gasteiger partial charge in [0.15, 0.2) is 6.61 Å². The van der Waals surface area contributed by atoms with Crippen LogP contribution in [0.1, 0.15) is 22.4 Å². The summed E-state index contributed by atoms with van der Waals surface area (Å²) in [5.41, 5.74) is 8.59. The topological polar surface area (TPSA) is 51.5 Å². The largest absolute Gasteiger partial charge is 0.482 e. The van der Waals surface area contributed by atoms with E-state index in [4.69, 9.17) is 9.84 Å². The zero-order valence-electron chi connectivity index (χ0n) is 19.6. The molecule has 1 aromatic heterocycles. The number of carbonyl (C=O) groups is 1. The minimum absolute atomic E-state index is 0.345. The van der Waals surface area contributed by atoms with Gasteiger partial charge in [0.25, 0.3) is 0 Å². The lowest BCUT2D eigenvalue weighted by Gasteiger charge is -2.10. The molecule has 0 aliphatic heterocycles. The Hall–Kier alpha value is -4.31. The molecule has 5 rings (SSSR count). The molecule has 0 saturated carbocycles. The van der Waals surface area contributed by atoms with Gasteiger partial charge in [0, 0.05) is 23.1 Å². The van der Waals surface area contributed by atoms with Crippen molar-refractivity contribution in [2.24, 2.45) is 0 Å². The van der Waals surface area contributed by atoms with Gasteiger partial charge in [-0.15, -0.1) is 0 Å². The van der Waals surface area contributed by atoms with Crippen molar-refractivity contribution in [2.45, 2.75) is 19.9 Å². The van der Waals surface area contributed by atoms with Crippen molar-refractivity contribution in [1.29, 1.82) is 0 Å². The van der Waals surface area contributed by atoms with Crippen LogP contribution in [-0.2, 0) is 17.8 Å². The highest BCUT2D eigenvalue weighted by molar-refractivity contribution is 5.90. The van der Waals surface area contributed by atoms with E-state index >= 15 is 0 Å². The standard InChI is InChI=1S/C31H27NO3/c1-22-28(18-23-8-4-2-5-9-23)29-19-26(25-12-15-27(16-13-25)35-21-31(33)34)14-17-30(29)32(22)20-24-10-6-3-7-11-24/h2-17,19H,18,20-21H2,1H3,(H,33,34). The zero-order valence-corrected chi connectivity index (χ0v) is 19.6. The third kappa shape index (κ3) is 4.97. The Morgan fingerprint density at radius 1 is 0.800 bits per heavy atom. The van der Waals surface area contributed by atoms with Gasteiger partial charge >= 0.3 is 5.97 Å². The average molecular weight is 462 g/mol. The Balaban J connectivity index is 1.56. The summed E-state index contributed by atoms with van der Waals surface area (Å²) in [6.45, 7) is 2.70. The van der Waals surface area contributed by atoms with Gasteiger partial charge in [0.05, 0.1) is 0 Å². The van der Waals surface area contributed by atoms with Crippen molar-refractivity contribution >= 4 is 16.9 Å². The van der Waals surface area contributed by atoms with Gasteiger partial charge in [-0.25, -0.2) is 4.79 Å². The highest BCUT2D eigenvalue weighted by atomic mass is 16.5. The molecule has 4 nitrogen and oxygen atoms in total. The fourth-order valence-corrected chi connectivity index (χ4v) is 4.61. The first kappa shape index (κ1) is 22.5. The third-order valence-corrected chi connectivity index (χ3v) is 6.41. The zero-order chi connectivity index (χ0) is 24.2. The van der Waals surface area contributed by atoms with Crippen molar-refractivity contribution < 1.29 is 14.6 Å². The molecule has 4 heteroatoms. The van der Waals surface area contributed by atoms with E-state index in [1.165, 1.54) is 33.3 Å². The number of nitrogens with zero attached hydrogens (tertiary/aromatic N) is 1. The summed E-state index contributed by atoms with van der Waals surface area (Å²) in [5, 5.41) is 10.1. The average Bonchev–Trinajstić information content (AvgIpc) is 3.14. The summed E-state index contributed by atoms with van der Waals surface area (Å²) in [6, 6.07) is 35.4. The molecule has 0 unspecified atom stereocenters. The van der Waals surface area contributed by atoms with Crippen LogP contribution in [-0.4, -0.2) is 22.2 Å². The van der Waals surface area contributed by atoms with Crippen LogP contribution in [0.2, 0.25) is 0 Å². The van der Waals surface area contributed by atoms with E-state index in [1.807, 2.05) is 24.3 Å². The predicted octanol–water partition coefficient (Wildman–Crippen LogP) is 6.72. The molecule has 4 aromatic carbocycles. The quantitative estimate of drug-likeness (QED) is 0.279. The normalized spacial score (nSPS) is 11.0. The number of benzene rings is 4. The minimum atomic E-state index is -0.985. The number of carboxylic acid groups (broad SMARTS) is 1. The van der Waals surface area contributed by atoms with Crippen LogP contribution in [0.3, 0.4) is 0 Å². The van der Waals surface area contributed by atoms with Gasteiger partial charge in [-0.3, -0.25) is 0 Å². The molecule has 1 N–H and O–H groups in total. The molecule has 0 aliphatic carbocycles. The summed E-state index contributed by atoms with van der Waals surface area (Å²) < 4.78 is 7.70. The maximum Gasteiger partial charge on any atom is 0.341 e. The minimum Gasteiger partial charge on any atom is -0.482 e. The monoisotopic (exact) mass is 461 g/mol. The van der Waals surface area contributed by atoms with Crippen LogP contribution in [0.5, 0.6) is 5.75 Å². The van der Waals surface area contributed by atoms with Crippen molar-refractivity contribution in [3.63, 3.8) is 0 Å². The molecule has 0 aliphatic rings. The fraction of sp³-hybridized carbons (Fsp3) is 0.129. The van der Waals surface area contributed by atoms with E-state index < -0.39 is 5.97 Å². The van der Waals surface area contributed by atoms with Gasteiger partial charge in [0.1, 0.15) is 5.75 Å². The van der Waals surface area contributed by atoms with Crippen molar-refractivity contribution in [2.75, 3.05) is 6.61 Å². The van der Waals surface area contributed by atoms with Gasteiger partial charge in [-0.1, -0.05) is 78.9 Å². The predicted molar refractivity (Wildman–Crippen MR) is 140 cm³/mol. The lowest BCUT2D eigenvalue weighted by atomic mass is 9.98. The molecule has 0 atom stereocenters. The van der Waals surface area contributed by atoms with Crippen molar-refractivity contribution in [3.05, 3.63) is 126 Å². The number of hydrogen-bond donors (Lipinski definition) is 1. The maximum atomic E-state index is 10.8. The molecule has 0 bridgehead atoms.